The molecular formula is C23H28O7. The van der Waals surface area contributed by atoms with Gasteiger partial charge in [0.05, 0.1) is 12.7 Å². The van der Waals surface area contributed by atoms with Crippen LogP contribution < -0.4 is 4.74 Å². The molecule has 3 rings (SSSR count). The number of fused-ring (bicyclic) bond motifs is 1. The van der Waals surface area contributed by atoms with Crippen LogP contribution in [0.15, 0.2) is 48.6 Å². The third-order valence-electron chi connectivity index (χ3n) is 5.48. The van der Waals surface area contributed by atoms with Crippen LogP contribution in [0.4, 0.5) is 0 Å². The summed E-state index contributed by atoms with van der Waals surface area (Å²) in [6.07, 6.45) is 6.12. The van der Waals surface area contributed by atoms with Gasteiger partial charge in [-0.05, 0) is 25.3 Å². The summed E-state index contributed by atoms with van der Waals surface area (Å²) in [5.74, 6) is -0.931. The number of Topliss-reactive ketones (excluding diaryl/α,β-unsaturated/α-hetero) is 1. The molecule has 1 aliphatic carbocycles. The molecule has 3 N–H and O–H groups in total. The first-order valence-electron chi connectivity index (χ1n) is 10.3. The summed E-state index contributed by atoms with van der Waals surface area (Å²) in [7, 11) is 0. The molecule has 0 radical (unpaired) electrons. The number of carboxylic acid groups (broad SMARTS) is 1. The number of aliphatic hydroxyl groups excluding tert-OH is 2. The Morgan fingerprint density at radius 1 is 1.27 bits per heavy atom. The van der Waals surface area contributed by atoms with Gasteiger partial charge in [0.1, 0.15) is 17.6 Å². The number of rotatable bonds is 9. The van der Waals surface area contributed by atoms with Crippen molar-refractivity contribution in [3.05, 3.63) is 54.1 Å². The van der Waals surface area contributed by atoms with E-state index in [-0.39, 0.29) is 24.5 Å². The second-order valence-corrected chi connectivity index (χ2v) is 7.70. The Morgan fingerprint density at radius 3 is 2.87 bits per heavy atom. The van der Waals surface area contributed by atoms with Crippen LogP contribution in [0.2, 0.25) is 0 Å². The van der Waals surface area contributed by atoms with Crippen molar-refractivity contribution in [3.8, 4) is 5.75 Å². The lowest BCUT2D eigenvalue weighted by Crippen LogP contribution is -2.36. The van der Waals surface area contributed by atoms with Gasteiger partial charge in [-0.25, -0.2) is 0 Å². The molecule has 162 valence electrons. The van der Waals surface area contributed by atoms with Crippen LogP contribution in [0.1, 0.15) is 37.7 Å². The third-order valence-corrected chi connectivity index (χ3v) is 5.48. The van der Waals surface area contributed by atoms with Crippen molar-refractivity contribution in [2.75, 3.05) is 0 Å². The average Bonchev–Trinajstić information content (AvgIpc) is 3.00. The van der Waals surface area contributed by atoms with Crippen molar-refractivity contribution in [1.82, 2.24) is 0 Å². The number of para-hydroxylation sites is 1. The quantitative estimate of drug-likeness (QED) is 0.419. The van der Waals surface area contributed by atoms with Gasteiger partial charge < -0.3 is 24.8 Å². The lowest BCUT2D eigenvalue weighted by atomic mass is 9.90. The summed E-state index contributed by atoms with van der Waals surface area (Å²) in [5.41, 5.74) is 0.914. The molecule has 1 aromatic rings. The Kier molecular flexibility index (Phi) is 7.79. The molecule has 0 saturated heterocycles. The molecule has 0 aromatic heterocycles. The van der Waals surface area contributed by atoms with Gasteiger partial charge in [-0.3, -0.25) is 9.59 Å². The number of hydrogen-bond acceptors (Lipinski definition) is 6. The number of benzene rings is 1. The number of unbranched alkanes of at least 4 members (excludes halogenated alkanes) is 1. The lowest BCUT2D eigenvalue weighted by Gasteiger charge is -2.28. The topological polar surface area (TPSA) is 113 Å². The molecule has 0 spiro atoms. The number of ketones is 1. The summed E-state index contributed by atoms with van der Waals surface area (Å²) in [5, 5.41) is 29.4. The Hall–Kier alpha value is -2.48. The lowest BCUT2D eigenvalue weighted by molar-refractivity contribution is -0.152. The molecule has 0 unspecified atom stereocenters. The van der Waals surface area contributed by atoms with E-state index in [0.717, 1.165) is 5.56 Å². The molecule has 7 heteroatoms. The van der Waals surface area contributed by atoms with Crippen molar-refractivity contribution in [3.63, 3.8) is 0 Å². The number of ether oxygens (including phenoxy) is 2. The largest absolute Gasteiger partial charge is 0.481 e. The maximum Gasteiger partial charge on any atom is 0.303 e. The molecular weight excluding hydrogens is 388 g/mol. The monoisotopic (exact) mass is 416 g/mol. The molecule has 7 nitrogen and oxygen atoms in total. The van der Waals surface area contributed by atoms with Gasteiger partial charge in [-0.15, -0.1) is 0 Å². The molecule has 1 aliphatic heterocycles. The SMILES string of the molecule is O=C(O)CCC/C=C\C[C@H]1C(=O)C[C@@H](O)[C@@H]1/C=C/[C@@H](O)[C@H]1OCc2ccccc2O1. The van der Waals surface area contributed by atoms with Crippen LogP contribution in [0.5, 0.6) is 5.75 Å². The Labute approximate surface area is 175 Å². The molecule has 0 amide bonds. The highest BCUT2D eigenvalue weighted by atomic mass is 16.7. The van der Waals surface area contributed by atoms with E-state index in [1.165, 1.54) is 6.08 Å². The number of carboxylic acids is 1. The Bertz CT molecular complexity index is 800. The predicted octanol–water partition coefficient (Wildman–Crippen LogP) is 2.61. The number of carbonyl (C=O) groups is 2. The first-order chi connectivity index (χ1) is 14.5. The van der Waals surface area contributed by atoms with Gasteiger partial charge in [0.25, 0.3) is 0 Å². The minimum atomic E-state index is -1.03. The maximum atomic E-state index is 12.3. The molecule has 1 heterocycles. The average molecular weight is 416 g/mol. The summed E-state index contributed by atoms with van der Waals surface area (Å²) in [4.78, 5) is 22.8. The van der Waals surface area contributed by atoms with E-state index in [9.17, 15) is 19.8 Å². The molecule has 30 heavy (non-hydrogen) atoms. The molecule has 0 bridgehead atoms. The fraction of sp³-hybridized carbons (Fsp3) is 0.478. The third kappa shape index (κ3) is 5.78. The minimum Gasteiger partial charge on any atom is -0.481 e. The zero-order valence-corrected chi connectivity index (χ0v) is 16.7. The normalized spacial score (nSPS) is 27.3. The highest BCUT2D eigenvalue weighted by Gasteiger charge is 2.39. The van der Waals surface area contributed by atoms with E-state index in [1.807, 2.05) is 36.4 Å². The standard InChI is InChI=1S/C23H28O7/c24-18(23-29-14-15-7-5-6-9-21(15)30-23)12-11-17-16(19(25)13-20(17)26)8-3-1-2-4-10-22(27)28/h1,3,5-7,9,11-12,16-18,20,23-24,26H,2,4,8,10,13-14H2,(H,27,28)/b3-1-,12-11+/t16-,17-,18-,20-,23+/m1/s1. The van der Waals surface area contributed by atoms with Gasteiger partial charge in [0.2, 0.25) is 6.29 Å². The summed E-state index contributed by atoms with van der Waals surface area (Å²) < 4.78 is 11.3. The van der Waals surface area contributed by atoms with Crippen LogP contribution in [0, 0.1) is 11.8 Å². The smallest absolute Gasteiger partial charge is 0.303 e. The van der Waals surface area contributed by atoms with Crippen LogP contribution in [0.25, 0.3) is 0 Å². The number of hydrogen-bond donors (Lipinski definition) is 3. The fourth-order valence-electron chi connectivity index (χ4n) is 3.83. The van der Waals surface area contributed by atoms with Crippen molar-refractivity contribution in [2.24, 2.45) is 11.8 Å². The van der Waals surface area contributed by atoms with Gasteiger partial charge in [0.15, 0.2) is 0 Å². The predicted molar refractivity (Wildman–Crippen MR) is 109 cm³/mol. The van der Waals surface area contributed by atoms with E-state index in [2.05, 4.69) is 0 Å². The zero-order chi connectivity index (χ0) is 21.5. The summed E-state index contributed by atoms with van der Waals surface area (Å²) in [6, 6.07) is 7.46. The number of allylic oxidation sites excluding steroid dienone is 2. The van der Waals surface area contributed by atoms with Crippen LogP contribution in [-0.4, -0.2) is 45.6 Å². The molecule has 2 aliphatic rings. The molecule has 1 saturated carbocycles. The van der Waals surface area contributed by atoms with E-state index >= 15 is 0 Å². The first kappa shape index (κ1) is 22.2. The molecule has 5 atom stereocenters. The van der Waals surface area contributed by atoms with Crippen LogP contribution in [-0.2, 0) is 20.9 Å². The number of carbonyl (C=O) groups excluding carboxylic acids is 1. The highest BCUT2D eigenvalue weighted by molar-refractivity contribution is 5.84. The summed E-state index contributed by atoms with van der Waals surface area (Å²) in [6.45, 7) is 0.339. The van der Waals surface area contributed by atoms with Gasteiger partial charge in [-0.1, -0.05) is 42.5 Å². The van der Waals surface area contributed by atoms with E-state index in [1.54, 1.807) is 6.08 Å². The maximum absolute atomic E-state index is 12.3. The van der Waals surface area contributed by atoms with E-state index in [0.29, 0.717) is 31.6 Å². The number of aliphatic carboxylic acids is 1. The zero-order valence-electron chi connectivity index (χ0n) is 16.7. The number of aliphatic hydroxyl groups is 2. The second kappa shape index (κ2) is 10.5. The Morgan fingerprint density at radius 2 is 2.07 bits per heavy atom. The van der Waals surface area contributed by atoms with Crippen LogP contribution in [0.3, 0.4) is 0 Å². The van der Waals surface area contributed by atoms with Crippen molar-refractivity contribution in [2.45, 2.75) is 57.2 Å². The Balaban J connectivity index is 1.55. The minimum absolute atomic E-state index is 0.0130. The fourth-order valence-corrected chi connectivity index (χ4v) is 3.83. The van der Waals surface area contributed by atoms with E-state index in [4.69, 9.17) is 14.6 Å². The van der Waals surface area contributed by atoms with Crippen molar-refractivity contribution in [1.29, 1.82) is 0 Å². The molecule has 1 fully saturated rings. The van der Waals surface area contributed by atoms with Crippen LogP contribution >= 0.6 is 0 Å². The van der Waals surface area contributed by atoms with E-state index < -0.39 is 30.4 Å². The summed E-state index contributed by atoms with van der Waals surface area (Å²) >= 11 is 0. The van der Waals surface area contributed by atoms with Gasteiger partial charge in [-0.2, -0.15) is 0 Å². The van der Waals surface area contributed by atoms with Gasteiger partial charge in [0, 0.05) is 30.2 Å². The van der Waals surface area contributed by atoms with Crippen molar-refractivity contribution >= 4 is 11.8 Å². The molecule has 1 aromatic carbocycles. The highest BCUT2D eigenvalue weighted by Crippen LogP contribution is 2.34. The van der Waals surface area contributed by atoms with Crippen molar-refractivity contribution < 1.29 is 34.4 Å². The van der Waals surface area contributed by atoms with Gasteiger partial charge >= 0.3 is 5.97 Å². The second-order valence-electron chi connectivity index (χ2n) is 7.70. The first-order valence-corrected chi connectivity index (χ1v) is 10.3.